The van der Waals surface area contributed by atoms with Crippen LogP contribution in [-0.4, -0.2) is 51.4 Å². The Balaban J connectivity index is 1.76. The molecule has 2 heterocycles. The fraction of sp³-hybridized carbons (Fsp3) is 0.381. The molecule has 0 spiro atoms. The second-order valence-electron chi connectivity index (χ2n) is 7.47. The van der Waals surface area contributed by atoms with Crippen molar-refractivity contribution in [2.45, 2.75) is 31.3 Å². The van der Waals surface area contributed by atoms with Crippen LogP contribution in [0.5, 0.6) is 0 Å². The largest absolute Gasteiger partial charge is 0.456 e. The number of carbonyl (C=O) groups is 1. The van der Waals surface area contributed by atoms with E-state index in [1.807, 2.05) is 42.5 Å². The second kappa shape index (κ2) is 7.68. The van der Waals surface area contributed by atoms with Crippen LogP contribution < -0.4 is 4.72 Å². The third-order valence-electron chi connectivity index (χ3n) is 5.47. The number of fused-ring (bicyclic) bond motifs is 3. The fourth-order valence-electron chi connectivity index (χ4n) is 4.26. The Morgan fingerprint density at radius 1 is 1.21 bits per heavy atom. The van der Waals surface area contributed by atoms with Crippen molar-refractivity contribution in [3.8, 4) is 0 Å². The summed E-state index contributed by atoms with van der Waals surface area (Å²) in [5.74, 6) is 0. The minimum Gasteiger partial charge on any atom is -0.456 e. The van der Waals surface area contributed by atoms with Gasteiger partial charge in [-0.05, 0) is 30.9 Å². The summed E-state index contributed by atoms with van der Waals surface area (Å²) >= 11 is 0. The SMILES string of the molecule is COC(=O)N1CCC[C@@H](NS(C)(=O)=O)[C@H]1Cc1cccc2c1oc1ccccc12. The summed E-state index contributed by atoms with van der Waals surface area (Å²) in [4.78, 5) is 14.0. The number of carbonyl (C=O) groups excluding carboxylic acids is 1. The van der Waals surface area contributed by atoms with Gasteiger partial charge in [-0.3, -0.25) is 0 Å². The number of rotatable bonds is 4. The first-order valence-corrected chi connectivity index (χ1v) is 11.5. The zero-order valence-electron chi connectivity index (χ0n) is 16.4. The Morgan fingerprint density at radius 2 is 1.97 bits per heavy atom. The Labute approximate surface area is 169 Å². The summed E-state index contributed by atoms with van der Waals surface area (Å²) in [6, 6.07) is 13.0. The number of hydrogen-bond acceptors (Lipinski definition) is 5. The third-order valence-corrected chi connectivity index (χ3v) is 6.20. The molecular formula is C21H24N2O5S. The van der Waals surface area contributed by atoms with E-state index in [2.05, 4.69) is 4.72 Å². The number of furan rings is 1. The number of para-hydroxylation sites is 2. The number of benzene rings is 2. The van der Waals surface area contributed by atoms with Gasteiger partial charge in [0.1, 0.15) is 11.2 Å². The van der Waals surface area contributed by atoms with Gasteiger partial charge in [0.15, 0.2) is 0 Å². The van der Waals surface area contributed by atoms with E-state index < -0.39 is 22.2 Å². The van der Waals surface area contributed by atoms with Crippen molar-refractivity contribution in [1.29, 1.82) is 0 Å². The van der Waals surface area contributed by atoms with Gasteiger partial charge < -0.3 is 14.1 Å². The zero-order chi connectivity index (χ0) is 20.6. The number of nitrogens with one attached hydrogen (secondary N) is 1. The number of hydrogen-bond donors (Lipinski definition) is 1. The lowest BCUT2D eigenvalue weighted by atomic mass is 9.91. The highest BCUT2D eigenvalue weighted by atomic mass is 32.2. The fourth-order valence-corrected chi connectivity index (χ4v) is 5.08. The van der Waals surface area contributed by atoms with E-state index in [1.165, 1.54) is 7.11 Å². The maximum atomic E-state index is 12.4. The van der Waals surface area contributed by atoms with E-state index in [0.717, 1.165) is 33.8 Å². The van der Waals surface area contributed by atoms with Crippen LogP contribution in [0.15, 0.2) is 46.9 Å². The van der Waals surface area contributed by atoms with Crippen molar-refractivity contribution in [1.82, 2.24) is 9.62 Å². The Hall–Kier alpha value is -2.58. The monoisotopic (exact) mass is 416 g/mol. The van der Waals surface area contributed by atoms with Gasteiger partial charge in [0.2, 0.25) is 10.0 Å². The maximum Gasteiger partial charge on any atom is 0.409 e. The summed E-state index contributed by atoms with van der Waals surface area (Å²) in [7, 11) is -2.08. The van der Waals surface area contributed by atoms with Gasteiger partial charge in [-0.25, -0.2) is 17.9 Å². The summed E-state index contributed by atoms with van der Waals surface area (Å²) in [6.07, 6.45) is 2.50. The van der Waals surface area contributed by atoms with Crippen LogP contribution in [0.4, 0.5) is 4.79 Å². The highest BCUT2D eigenvalue weighted by Crippen LogP contribution is 2.33. The molecule has 1 aliphatic rings. The molecule has 7 nitrogen and oxygen atoms in total. The summed E-state index contributed by atoms with van der Waals surface area (Å²) in [6.45, 7) is 0.523. The lowest BCUT2D eigenvalue weighted by Crippen LogP contribution is -2.57. The molecule has 2 aromatic carbocycles. The van der Waals surface area contributed by atoms with E-state index in [4.69, 9.17) is 9.15 Å². The number of nitrogens with zero attached hydrogens (tertiary/aromatic N) is 1. The first-order chi connectivity index (χ1) is 13.9. The van der Waals surface area contributed by atoms with Gasteiger partial charge in [-0.2, -0.15) is 0 Å². The maximum absolute atomic E-state index is 12.4. The van der Waals surface area contributed by atoms with E-state index in [1.54, 1.807) is 4.90 Å². The number of sulfonamides is 1. The lowest BCUT2D eigenvalue weighted by molar-refractivity contribution is 0.0793. The molecule has 0 radical (unpaired) electrons. The van der Waals surface area contributed by atoms with Crippen LogP contribution in [0.2, 0.25) is 0 Å². The quantitative estimate of drug-likeness (QED) is 0.705. The van der Waals surface area contributed by atoms with Crippen LogP contribution in [0.3, 0.4) is 0 Å². The predicted octanol–water partition coefficient (Wildman–Crippen LogP) is 3.28. The molecule has 154 valence electrons. The van der Waals surface area contributed by atoms with Crippen molar-refractivity contribution in [3.63, 3.8) is 0 Å². The first-order valence-electron chi connectivity index (χ1n) is 9.58. The Kier molecular flexibility index (Phi) is 5.23. The van der Waals surface area contributed by atoms with Crippen LogP contribution in [0.1, 0.15) is 18.4 Å². The van der Waals surface area contributed by atoms with Gasteiger partial charge in [0.05, 0.1) is 19.4 Å². The number of piperidine rings is 1. The number of amides is 1. The Bertz CT molecular complexity index is 1150. The number of likely N-dealkylation sites (tertiary alicyclic amines) is 1. The van der Waals surface area contributed by atoms with Crippen LogP contribution in [-0.2, 0) is 21.2 Å². The van der Waals surface area contributed by atoms with Crippen molar-refractivity contribution >= 4 is 38.1 Å². The van der Waals surface area contributed by atoms with Gasteiger partial charge in [0, 0.05) is 23.4 Å². The molecule has 4 rings (SSSR count). The molecule has 8 heteroatoms. The van der Waals surface area contributed by atoms with Crippen molar-refractivity contribution in [3.05, 3.63) is 48.0 Å². The zero-order valence-corrected chi connectivity index (χ0v) is 17.2. The predicted molar refractivity (Wildman–Crippen MR) is 111 cm³/mol. The van der Waals surface area contributed by atoms with Crippen molar-refractivity contribution in [2.24, 2.45) is 0 Å². The van der Waals surface area contributed by atoms with Gasteiger partial charge >= 0.3 is 6.09 Å². The molecule has 0 saturated carbocycles. The molecule has 29 heavy (non-hydrogen) atoms. The first kappa shape index (κ1) is 19.7. The molecule has 0 unspecified atom stereocenters. The summed E-state index contributed by atoms with van der Waals surface area (Å²) < 4.78 is 37.6. The van der Waals surface area contributed by atoms with Crippen molar-refractivity contribution in [2.75, 3.05) is 19.9 Å². The minimum absolute atomic E-state index is 0.371. The second-order valence-corrected chi connectivity index (χ2v) is 9.25. The van der Waals surface area contributed by atoms with E-state index in [9.17, 15) is 13.2 Å². The summed E-state index contributed by atoms with van der Waals surface area (Å²) in [5.41, 5.74) is 2.50. The standard InChI is InChI=1S/C21H24N2O5S/c1-27-21(24)23-12-6-10-17(22-29(2,25)26)18(23)13-14-7-5-9-16-15-8-3-4-11-19(15)28-20(14)16/h3-5,7-9,11,17-18,22H,6,10,12-13H2,1-2H3/t17-,18-/m1/s1. The molecule has 0 bridgehead atoms. The van der Waals surface area contributed by atoms with Gasteiger partial charge in [-0.15, -0.1) is 0 Å². The molecular weight excluding hydrogens is 392 g/mol. The molecule has 1 amide bonds. The molecule has 1 aromatic heterocycles. The molecule has 0 aliphatic carbocycles. The van der Waals surface area contributed by atoms with Crippen LogP contribution >= 0.6 is 0 Å². The minimum atomic E-state index is -3.42. The normalized spacial score (nSPS) is 20.3. The number of ether oxygens (including phenoxy) is 1. The highest BCUT2D eigenvalue weighted by molar-refractivity contribution is 7.88. The molecule has 1 aliphatic heterocycles. The van der Waals surface area contributed by atoms with Crippen molar-refractivity contribution < 1.29 is 22.4 Å². The molecule has 1 N–H and O–H groups in total. The number of methoxy groups -OCH3 is 1. The highest BCUT2D eigenvalue weighted by Gasteiger charge is 2.37. The Morgan fingerprint density at radius 3 is 2.72 bits per heavy atom. The third kappa shape index (κ3) is 3.95. The van der Waals surface area contributed by atoms with Gasteiger partial charge in [0.25, 0.3) is 0 Å². The van der Waals surface area contributed by atoms with Gasteiger partial charge in [-0.1, -0.05) is 36.4 Å². The average molecular weight is 416 g/mol. The molecule has 1 saturated heterocycles. The average Bonchev–Trinajstić information content (AvgIpc) is 3.07. The summed E-state index contributed by atoms with van der Waals surface area (Å²) in [5, 5.41) is 2.04. The lowest BCUT2D eigenvalue weighted by Gasteiger charge is -2.40. The van der Waals surface area contributed by atoms with E-state index >= 15 is 0 Å². The van der Waals surface area contributed by atoms with Crippen LogP contribution in [0.25, 0.3) is 21.9 Å². The smallest absolute Gasteiger partial charge is 0.409 e. The van der Waals surface area contributed by atoms with E-state index in [0.29, 0.717) is 25.8 Å². The molecule has 3 aromatic rings. The topological polar surface area (TPSA) is 88.9 Å². The van der Waals surface area contributed by atoms with E-state index in [-0.39, 0.29) is 6.04 Å². The van der Waals surface area contributed by atoms with Crippen LogP contribution in [0, 0.1) is 0 Å². The molecule has 1 fully saturated rings. The molecule has 2 atom stereocenters.